The smallest absolute Gasteiger partial charge is 0.475 e. The number of likely N-dealkylation sites (tertiary alicyclic amines) is 2. The molecule has 0 unspecified atom stereocenters. The molecule has 3 N–H and O–H groups in total. The molecule has 230 valence electrons. The van der Waals surface area contributed by atoms with Gasteiger partial charge in [0.1, 0.15) is 0 Å². The summed E-state index contributed by atoms with van der Waals surface area (Å²) in [5, 5.41) is 17.6. The number of nitrogens with zero attached hydrogens (tertiary/aromatic N) is 3. The van der Waals surface area contributed by atoms with Crippen LogP contribution in [0.25, 0.3) is 0 Å². The van der Waals surface area contributed by atoms with Crippen LogP contribution in [-0.4, -0.2) is 99.4 Å². The van der Waals surface area contributed by atoms with Crippen molar-refractivity contribution in [1.29, 1.82) is 0 Å². The lowest BCUT2D eigenvalue weighted by Gasteiger charge is -2.42. The zero-order valence-corrected chi connectivity index (χ0v) is 22.3. The predicted molar refractivity (Wildman–Crippen MR) is 131 cm³/mol. The van der Waals surface area contributed by atoms with Crippen molar-refractivity contribution in [2.45, 2.75) is 51.0 Å². The second kappa shape index (κ2) is 13.5. The summed E-state index contributed by atoms with van der Waals surface area (Å²) < 4.78 is 63.5. The van der Waals surface area contributed by atoms with Crippen LogP contribution in [0, 0.1) is 17.8 Å². The summed E-state index contributed by atoms with van der Waals surface area (Å²) in [5.41, 5.74) is 0.568. The van der Waals surface area contributed by atoms with Crippen molar-refractivity contribution in [3.8, 4) is 0 Å². The van der Waals surface area contributed by atoms with Gasteiger partial charge in [0.15, 0.2) is 0 Å². The lowest BCUT2D eigenvalue weighted by Crippen LogP contribution is -2.56. The number of hydrogen-bond acceptors (Lipinski definition) is 6. The van der Waals surface area contributed by atoms with Gasteiger partial charge in [-0.25, -0.2) is 9.59 Å². The van der Waals surface area contributed by atoms with Gasteiger partial charge in [-0.2, -0.15) is 26.3 Å². The van der Waals surface area contributed by atoms with Crippen LogP contribution in [0.4, 0.5) is 26.3 Å². The molecule has 0 aliphatic carbocycles. The normalized spacial score (nSPS) is 21.8. The van der Waals surface area contributed by atoms with E-state index in [-0.39, 0.29) is 23.3 Å². The molecule has 0 saturated carbocycles. The first-order chi connectivity index (χ1) is 18.9. The molecule has 10 nitrogen and oxygen atoms in total. The molecule has 16 heteroatoms. The maximum atomic E-state index is 12.7. The van der Waals surface area contributed by atoms with Gasteiger partial charge < -0.3 is 25.3 Å². The number of aromatic nitrogens is 1. The van der Waals surface area contributed by atoms with E-state index in [1.165, 1.54) is 6.42 Å². The number of pyridine rings is 1. The minimum atomic E-state index is -5.08. The largest absolute Gasteiger partial charge is 0.490 e. The SMILES string of the molecule is CC(C)CCN1C[C@H]2C(=O)NC3(CCN(C(=O)c4ccncc4)CC3)[C@H]2C1.O=C(O)C(F)(F)F.O=C(O)C(F)(F)F. The van der Waals surface area contributed by atoms with Gasteiger partial charge in [-0.15, -0.1) is 0 Å². The number of nitrogens with one attached hydrogen (secondary N) is 1. The maximum Gasteiger partial charge on any atom is 0.490 e. The van der Waals surface area contributed by atoms with Crippen molar-refractivity contribution in [2.24, 2.45) is 17.8 Å². The van der Waals surface area contributed by atoms with Gasteiger partial charge >= 0.3 is 24.3 Å². The third kappa shape index (κ3) is 9.30. The number of piperidine rings is 1. The van der Waals surface area contributed by atoms with Gasteiger partial charge in [-0.3, -0.25) is 14.6 Å². The Hall–Kier alpha value is -3.43. The Morgan fingerprint density at radius 2 is 1.49 bits per heavy atom. The number of carbonyl (C=O) groups is 4. The van der Waals surface area contributed by atoms with E-state index in [2.05, 4.69) is 29.0 Å². The van der Waals surface area contributed by atoms with E-state index in [1.54, 1.807) is 24.5 Å². The highest BCUT2D eigenvalue weighted by molar-refractivity contribution is 5.94. The van der Waals surface area contributed by atoms with Gasteiger partial charge in [0.2, 0.25) is 5.91 Å². The number of halogens is 6. The van der Waals surface area contributed by atoms with Crippen molar-refractivity contribution in [3.63, 3.8) is 0 Å². The summed E-state index contributed by atoms with van der Waals surface area (Å²) in [6.45, 7) is 8.90. The van der Waals surface area contributed by atoms with Gasteiger partial charge in [0, 0.05) is 55.6 Å². The Balaban J connectivity index is 0.000000349. The molecule has 3 saturated heterocycles. The number of fused-ring (bicyclic) bond motifs is 2. The van der Waals surface area contributed by atoms with Gasteiger partial charge in [-0.05, 0) is 43.9 Å². The van der Waals surface area contributed by atoms with Crippen LogP contribution in [0.5, 0.6) is 0 Å². The van der Waals surface area contributed by atoms with E-state index >= 15 is 0 Å². The molecule has 1 aromatic rings. The highest BCUT2D eigenvalue weighted by atomic mass is 19.4. The van der Waals surface area contributed by atoms with Crippen LogP contribution < -0.4 is 5.32 Å². The summed E-state index contributed by atoms with van der Waals surface area (Å²) in [4.78, 5) is 51.5. The minimum absolute atomic E-state index is 0.0677. The first-order valence-corrected chi connectivity index (χ1v) is 12.7. The van der Waals surface area contributed by atoms with Crippen molar-refractivity contribution in [2.75, 3.05) is 32.7 Å². The van der Waals surface area contributed by atoms with E-state index in [4.69, 9.17) is 19.8 Å². The molecular formula is C25H32F6N4O6. The number of carbonyl (C=O) groups excluding carboxylic acids is 2. The molecule has 4 heterocycles. The van der Waals surface area contributed by atoms with Crippen molar-refractivity contribution < 1.29 is 55.7 Å². The predicted octanol–water partition coefficient (Wildman–Crippen LogP) is 3.05. The minimum Gasteiger partial charge on any atom is -0.475 e. The molecule has 2 atom stereocenters. The summed E-state index contributed by atoms with van der Waals surface area (Å²) >= 11 is 0. The third-order valence-electron chi connectivity index (χ3n) is 7.19. The van der Waals surface area contributed by atoms with Crippen LogP contribution in [0.1, 0.15) is 43.5 Å². The number of carboxylic acids is 2. The Labute approximate surface area is 231 Å². The Bertz CT molecular complexity index is 1050. The fourth-order valence-corrected chi connectivity index (χ4v) is 5.05. The molecule has 1 spiro atoms. The zero-order valence-electron chi connectivity index (χ0n) is 22.3. The molecule has 0 radical (unpaired) electrons. The molecule has 3 fully saturated rings. The van der Waals surface area contributed by atoms with E-state index in [9.17, 15) is 35.9 Å². The fraction of sp³-hybridized carbons (Fsp3) is 0.640. The molecule has 3 aliphatic rings. The molecule has 2 amide bonds. The highest BCUT2D eigenvalue weighted by Gasteiger charge is 2.57. The first-order valence-electron chi connectivity index (χ1n) is 12.7. The van der Waals surface area contributed by atoms with Crippen LogP contribution in [0.2, 0.25) is 0 Å². The quantitative estimate of drug-likeness (QED) is 0.450. The van der Waals surface area contributed by atoms with Crippen LogP contribution in [-0.2, 0) is 14.4 Å². The number of alkyl halides is 6. The lowest BCUT2D eigenvalue weighted by atomic mass is 9.75. The Kier molecular flexibility index (Phi) is 11.1. The van der Waals surface area contributed by atoms with Crippen molar-refractivity contribution >= 4 is 23.8 Å². The molecule has 3 aliphatic heterocycles. The maximum absolute atomic E-state index is 12.7. The number of aliphatic carboxylic acids is 2. The fourth-order valence-electron chi connectivity index (χ4n) is 5.05. The summed E-state index contributed by atoms with van der Waals surface area (Å²) in [6, 6.07) is 3.54. The molecule has 1 aromatic heterocycles. The number of hydrogen-bond donors (Lipinski definition) is 3. The second-order valence-corrected chi connectivity index (χ2v) is 10.4. The second-order valence-electron chi connectivity index (χ2n) is 10.4. The van der Waals surface area contributed by atoms with Crippen LogP contribution in [0.3, 0.4) is 0 Å². The van der Waals surface area contributed by atoms with Crippen LogP contribution in [0.15, 0.2) is 24.5 Å². The van der Waals surface area contributed by atoms with Gasteiger partial charge in [0.05, 0.1) is 5.92 Å². The monoisotopic (exact) mass is 598 g/mol. The summed E-state index contributed by atoms with van der Waals surface area (Å²) in [7, 11) is 0. The van der Waals surface area contributed by atoms with E-state index < -0.39 is 24.3 Å². The Morgan fingerprint density at radius 1 is 1.00 bits per heavy atom. The highest BCUT2D eigenvalue weighted by Crippen LogP contribution is 2.44. The Morgan fingerprint density at radius 3 is 1.93 bits per heavy atom. The topological polar surface area (TPSA) is 140 Å². The lowest BCUT2D eigenvalue weighted by molar-refractivity contribution is -0.193. The molecule has 0 bridgehead atoms. The average molecular weight is 599 g/mol. The number of carboxylic acid groups (broad SMARTS) is 2. The summed E-state index contributed by atoms with van der Waals surface area (Å²) in [6.07, 6.45) is -3.96. The molecule has 0 aromatic carbocycles. The first kappa shape index (κ1) is 33.8. The summed E-state index contributed by atoms with van der Waals surface area (Å²) in [5.74, 6) is -4.02. The molecule has 4 rings (SSSR count). The number of amides is 2. The molecule has 41 heavy (non-hydrogen) atoms. The molecular weight excluding hydrogens is 566 g/mol. The van der Waals surface area contributed by atoms with E-state index in [0.29, 0.717) is 30.5 Å². The third-order valence-corrected chi connectivity index (χ3v) is 7.19. The standard InChI is InChI=1S/C21H30N4O2.2C2HF3O2/c1-15(2)5-10-24-13-17-18(14-24)21(23-19(17)26)6-11-25(12-7-21)20(27)16-3-8-22-9-4-16;2*3-2(4,5)1(6)7/h3-4,8-9,15,17-18H,5-7,10-14H2,1-2H3,(H,23,26);2*(H,6,7)/t17-,18+;;/m1../s1. The average Bonchev–Trinajstić information content (AvgIpc) is 3.42. The zero-order chi connectivity index (χ0) is 31.2. The van der Waals surface area contributed by atoms with E-state index in [0.717, 1.165) is 32.5 Å². The van der Waals surface area contributed by atoms with Gasteiger partial charge in [0.25, 0.3) is 5.91 Å². The van der Waals surface area contributed by atoms with Crippen LogP contribution >= 0.6 is 0 Å². The van der Waals surface area contributed by atoms with Crippen molar-refractivity contribution in [3.05, 3.63) is 30.1 Å². The van der Waals surface area contributed by atoms with E-state index in [1.807, 2.05) is 4.90 Å². The van der Waals surface area contributed by atoms with Gasteiger partial charge in [-0.1, -0.05) is 13.8 Å². The number of rotatable bonds is 4. The van der Waals surface area contributed by atoms with Crippen molar-refractivity contribution in [1.82, 2.24) is 20.1 Å².